The molecule has 0 radical (unpaired) electrons. The third kappa shape index (κ3) is 4.79. The fourth-order valence-electron chi connectivity index (χ4n) is 3.06. The summed E-state index contributed by atoms with van der Waals surface area (Å²) < 4.78 is 28.3. The van der Waals surface area contributed by atoms with Crippen molar-refractivity contribution in [3.8, 4) is 0 Å². The number of ether oxygens (including phenoxy) is 1. The van der Waals surface area contributed by atoms with Crippen molar-refractivity contribution in [3.63, 3.8) is 0 Å². The minimum atomic E-state index is -3.03. The number of hydrogen-bond donors (Lipinski definition) is 2. The molecule has 2 N–H and O–H groups in total. The summed E-state index contributed by atoms with van der Waals surface area (Å²) >= 11 is 0. The van der Waals surface area contributed by atoms with E-state index >= 15 is 0 Å². The lowest BCUT2D eigenvalue weighted by Crippen LogP contribution is -2.35. The number of amides is 2. The molecule has 7 nitrogen and oxygen atoms in total. The first-order valence-corrected chi connectivity index (χ1v) is 10.3. The quantitative estimate of drug-likeness (QED) is 0.791. The minimum Gasteiger partial charge on any atom is -0.376 e. The maximum absolute atomic E-state index is 12.2. The fraction of sp³-hybridized carbons (Fsp3) is 0.529. The van der Waals surface area contributed by atoms with Gasteiger partial charge in [-0.25, -0.2) is 8.42 Å². The SMILES string of the molecule is O=C(NCC1CCCO1)c1ccc(C(=O)NC2CCS(=O)(=O)C2)cc1. The second-order valence-corrected chi connectivity index (χ2v) is 8.72. The molecule has 3 rings (SSSR count). The fourth-order valence-corrected chi connectivity index (χ4v) is 4.74. The first kappa shape index (κ1) is 17.9. The van der Waals surface area contributed by atoms with E-state index in [1.165, 1.54) is 0 Å². The summed E-state index contributed by atoms with van der Waals surface area (Å²) in [6.07, 6.45) is 2.50. The van der Waals surface area contributed by atoms with Crippen molar-refractivity contribution in [1.82, 2.24) is 10.6 Å². The molecular weight excluding hydrogens is 344 g/mol. The van der Waals surface area contributed by atoms with E-state index < -0.39 is 9.84 Å². The third-order valence-corrected chi connectivity index (χ3v) is 6.26. The maximum atomic E-state index is 12.2. The van der Waals surface area contributed by atoms with E-state index in [1.54, 1.807) is 24.3 Å². The molecule has 0 saturated carbocycles. The minimum absolute atomic E-state index is 0.0114. The zero-order valence-corrected chi connectivity index (χ0v) is 14.7. The molecule has 1 aromatic carbocycles. The van der Waals surface area contributed by atoms with Crippen LogP contribution in [0.5, 0.6) is 0 Å². The van der Waals surface area contributed by atoms with Crippen molar-refractivity contribution >= 4 is 21.7 Å². The van der Waals surface area contributed by atoms with Gasteiger partial charge in [-0.1, -0.05) is 0 Å². The monoisotopic (exact) mass is 366 g/mol. The van der Waals surface area contributed by atoms with Crippen molar-refractivity contribution in [3.05, 3.63) is 35.4 Å². The van der Waals surface area contributed by atoms with E-state index in [4.69, 9.17) is 4.74 Å². The number of nitrogens with one attached hydrogen (secondary N) is 2. The zero-order chi connectivity index (χ0) is 17.9. The molecule has 2 aliphatic heterocycles. The predicted octanol–water partition coefficient (Wildman–Crippen LogP) is 0.512. The highest BCUT2D eigenvalue weighted by atomic mass is 32.2. The normalized spacial score (nSPS) is 24.8. The van der Waals surface area contributed by atoms with Gasteiger partial charge in [-0.3, -0.25) is 9.59 Å². The first-order valence-electron chi connectivity index (χ1n) is 8.44. The molecule has 2 atom stereocenters. The van der Waals surface area contributed by atoms with Gasteiger partial charge in [0.15, 0.2) is 9.84 Å². The van der Waals surface area contributed by atoms with Gasteiger partial charge in [0.1, 0.15) is 0 Å². The van der Waals surface area contributed by atoms with Gasteiger partial charge in [0.2, 0.25) is 0 Å². The Labute approximate surface area is 147 Å². The van der Waals surface area contributed by atoms with Gasteiger partial charge in [-0.2, -0.15) is 0 Å². The topological polar surface area (TPSA) is 102 Å². The lowest BCUT2D eigenvalue weighted by atomic mass is 10.1. The van der Waals surface area contributed by atoms with E-state index in [1.807, 2.05) is 0 Å². The van der Waals surface area contributed by atoms with Gasteiger partial charge in [0.25, 0.3) is 11.8 Å². The van der Waals surface area contributed by atoms with Crippen LogP contribution in [-0.2, 0) is 14.6 Å². The number of carbonyl (C=O) groups excluding carboxylic acids is 2. The third-order valence-electron chi connectivity index (χ3n) is 4.49. The summed E-state index contributed by atoms with van der Waals surface area (Å²) in [7, 11) is -3.03. The zero-order valence-electron chi connectivity index (χ0n) is 13.9. The Hall–Kier alpha value is -1.93. The summed E-state index contributed by atoms with van der Waals surface area (Å²) in [4.78, 5) is 24.3. The second-order valence-electron chi connectivity index (χ2n) is 6.50. The van der Waals surface area contributed by atoms with Gasteiger partial charge in [-0.05, 0) is 43.5 Å². The van der Waals surface area contributed by atoms with Crippen molar-refractivity contribution in [1.29, 1.82) is 0 Å². The van der Waals surface area contributed by atoms with Crippen molar-refractivity contribution in [2.45, 2.75) is 31.4 Å². The van der Waals surface area contributed by atoms with Crippen molar-refractivity contribution < 1.29 is 22.7 Å². The Kier molecular flexibility index (Phi) is 5.39. The van der Waals surface area contributed by atoms with Crippen LogP contribution in [0, 0.1) is 0 Å². The van der Waals surface area contributed by atoms with Crippen LogP contribution in [0.1, 0.15) is 40.0 Å². The van der Waals surface area contributed by atoms with Crippen molar-refractivity contribution in [2.24, 2.45) is 0 Å². The van der Waals surface area contributed by atoms with Crippen LogP contribution >= 0.6 is 0 Å². The first-order chi connectivity index (χ1) is 11.9. The number of sulfone groups is 1. The largest absolute Gasteiger partial charge is 0.376 e. The molecule has 136 valence electrons. The second kappa shape index (κ2) is 7.53. The van der Waals surface area contributed by atoms with Crippen LogP contribution in [0.15, 0.2) is 24.3 Å². The predicted molar refractivity (Wildman–Crippen MR) is 92.3 cm³/mol. The summed E-state index contributed by atoms with van der Waals surface area (Å²) in [5.74, 6) is -0.428. The molecule has 2 saturated heterocycles. The van der Waals surface area contributed by atoms with E-state index in [2.05, 4.69) is 10.6 Å². The van der Waals surface area contributed by atoms with Crippen LogP contribution in [-0.4, -0.2) is 57.0 Å². The lowest BCUT2D eigenvalue weighted by Gasteiger charge is -2.12. The Balaban J connectivity index is 1.52. The average molecular weight is 366 g/mol. The molecule has 8 heteroatoms. The molecule has 0 bridgehead atoms. The van der Waals surface area contributed by atoms with Gasteiger partial charge in [0.05, 0.1) is 17.6 Å². The number of rotatable bonds is 5. The Morgan fingerprint density at radius 2 is 1.76 bits per heavy atom. The van der Waals surface area contributed by atoms with Gasteiger partial charge in [-0.15, -0.1) is 0 Å². The van der Waals surface area contributed by atoms with Crippen LogP contribution in [0.4, 0.5) is 0 Å². The standard InChI is InChI=1S/C17H22N2O5S/c20-16(18-10-15-2-1-8-24-15)12-3-5-13(6-4-12)17(21)19-14-7-9-25(22,23)11-14/h3-6,14-15H,1-2,7-11H2,(H,18,20)(H,19,21). The molecule has 2 fully saturated rings. The molecule has 2 unspecified atom stereocenters. The van der Waals surface area contributed by atoms with E-state index in [0.717, 1.165) is 19.4 Å². The summed E-state index contributed by atoms with van der Waals surface area (Å²) in [5.41, 5.74) is 0.873. The summed E-state index contributed by atoms with van der Waals surface area (Å²) in [5, 5.41) is 5.55. The average Bonchev–Trinajstić information content (AvgIpc) is 3.22. The number of carbonyl (C=O) groups is 2. The molecule has 1 aromatic rings. The molecular formula is C17H22N2O5S. The van der Waals surface area contributed by atoms with Crippen LogP contribution in [0.25, 0.3) is 0 Å². The Bertz CT molecular complexity index is 739. The molecule has 2 heterocycles. The number of hydrogen-bond acceptors (Lipinski definition) is 5. The molecule has 25 heavy (non-hydrogen) atoms. The molecule has 0 aromatic heterocycles. The van der Waals surface area contributed by atoms with E-state index in [-0.39, 0.29) is 35.5 Å². The Morgan fingerprint density at radius 3 is 2.32 bits per heavy atom. The number of benzene rings is 1. The Morgan fingerprint density at radius 1 is 1.08 bits per heavy atom. The molecule has 0 spiro atoms. The van der Waals surface area contributed by atoms with Gasteiger partial charge < -0.3 is 15.4 Å². The smallest absolute Gasteiger partial charge is 0.251 e. The summed E-state index contributed by atoms with van der Waals surface area (Å²) in [6.45, 7) is 1.23. The van der Waals surface area contributed by atoms with Crippen LogP contribution < -0.4 is 10.6 Å². The lowest BCUT2D eigenvalue weighted by molar-refractivity contribution is 0.0857. The van der Waals surface area contributed by atoms with E-state index in [9.17, 15) is 18.0 Å². The van der Waals surface area contributed by atoms with E-state index in [0.29, 0.717) is 24.1 Å². The van der Waals surface area contributed by atoms with Gasteiger partial charge >= 0.3 is 0 Å². The highest BCUT2D eigenvalue weighted by Crippen LogP contribution is 2.13. The van der Waals surface area contributed by atoms with Crippen molar-refractivity contribution in [2.75, 3.05) is 24.7 Å². The molecule has 0 aliphatic carbocycles. The molecule has 2 aliphatic rings. The summed E-state index contributed by atoms with van der Waals surface area (Å²) in [6, 6.07) is 5.97. The highest BCUT2D eigenvalue weighted by Gasteiger charge is 2.29. The van der Waals surface area contributed by atoms with Gasteiger partial charge in [0, 0.05) is 30.3 Å². The maximum Gasteiger partial charge on any atom is 0.251 e. The highest BCUT2D eigenvalue weighted by molar-refractivity contribution is 7.91. The van der Waals surface area contributed by atoms with Crippen LogP contribution in [0.3, 0.4) is 0 Å². The molecule has 2 amide bonds. The van der Waals surface area contributed by atoms with Crippen LogP contribution in [0.2, 0.25) is 0 Å².